The van der Waals surface area contributed by atoms with E-state index in [2.05, 4.69) is 10.0 Å². The highest BCUT2D eigenvalue weighted by Gasteiger charge is 2.13. The van der Waals surface area contributed by atoms with Crippen LogP contribution in [0.15, 0.2) is 42.5 Å². The molecule has 0 unspecified atom stereocenters. The summed E-state index contributed by atoms with van der Waals surface area (Å²) in [5, 5.41) is 3.83. The van der Waals surface area contributed by atoms with Gasteiger partial charge in [-0.15, -0.1) is 0 Å². The van der Waals surface area contributed by atoms with Crippen molar-refractivity contribution in [1.82, 2.24) is 5.32 Å². The lowest BCUT2D eigenvalue weighted by atomic mass is 10.2. The Balaban J connectivity index is 1.83. The first-order chi connectivity index (χ1) is 12.3. The minimum Gasteiger partial charge on any atom is -0.351 e. The highest BCUT2D eigenvalue weighted by molar-refractivity contribution is 7.98. The van der Waals surface area contributed by atoms with Crippen LogP contribution >= 0.6 is 35.0 Å². The smallest absolute Gasteiger partial charge is 0.253 e. The number of hydrogen-bond donors (Lipinski definition) is 2. The summed E-state index contributed by atoms with van der Waals surface area (Å²) in [6.45, 7) is 0.456. The normalized spacial score (nSPS) is 11.2. The van der Waals surface area contributed by atoms with Gasteiger partial charge in [-0.2, -0.15) is 11.8 Å². The van der Waals surface area contributed by atoms with Crippen LogP contribution < -0.4 is 10.0 Å². The molecule has 26 heavy (non-hydrogen) atoms. The number of carbonyl (C=O) groups is 1. The molecule has 0 aliphatic heterocycles. The Morgan fingerprint density at radius 1 is 1.12 bits per heavy atom. The molecule has 2 aromatic rings. The highest BCUT2D eigenvalue weighted by Crippen LogP contribution is 2.24. The van der Waals surface area contributed by atoms with Gasteiger partial charge in [-0.25, -0.2) is 8.42 Å². The van der Waals surface area contributed by atoms with Gasteiger partial charge in [0, 0.05) is 18.1 Å². The van der Waals surface area contributed by atoms with Crippen LogP contribution in [0.2, 0.25) is 10.0 Å². The molecule has 0 spiro atoms. The molecular weight excluding hydrogens is 415 g/mol. The van der Waals surface area contributed by atoms with Gasteiger partial charge < -0.3 is 5.32 Å². The SMILES string of the molecule is CS(=O)(=O)Nc1ccccc1C(=O)NCCSCc1ccc(Cl)c(Cl)c1. The number of para-hydroxylation sites is 1. The lowest BCUT2D eigenvalue weighted by molar-refractivity contribution is 0.0957. The minimum atomic E-state index is -3.45. The molecule has 0 aliphatic rings. The average Bonchev–Trinajstić information content (AvgIpc) is 2.56. The van der Waals surface area contributed by atoms with Crippen molar-refractivity contribution in [3.05, 3.63) is 63.6 Å². The van der Waals surface area contributed by atoms with E-state index in [1.807, 2.05) is 12.1 Å². The number of rotatable bonds is 8. The van der Waals surface area contributed by atoms with Crippen LogP contribution in [0.4, 0.5) is 5.69 Å². The van der Waals surface area contributed by atoms with Crippen molar-refractivity contribution in [2.45, 2.75) is 5.75 Å². The largest absolute Gasteiger partial charge is 0.351 e. The molecule has 0 saturated heterocycles. The molecule has 5 nitrogen and oxygen atoms in total. The van der Waals surface area contributed by atoms with Crippen LogP contribution in [-0.2, 0) is 15.8 Å². The second kappa shape index (κ2) is 9.50. The quantitative estimate of drug-likeness (QED) is 0.617. The molecule has 0 atom stereocenters. The van der Waals surface area contributed by atoms with Gasteiger partial charge in [0.05, 0.1) is 27.6 Å². The zero-order valence-corrected chi connectivity index (χ0v) is 17.1. The second-order valence-electron chi connectivity index (χ2n) is 5.48. The van der Waals surface area contributed by atoms with E-state index in [9.17, 15) is 13.2 Å². The lowest BCUT2D eigenvalue weighted by Gasteiger charge is -2.11. The van der Waals surface area contributed by atoms with Crippen LogP contribution in [-0.4, -0.2) is 32.9 Å². The van der Waals surface area contributed by atoms with E-state index in [1.165, 1.54) is 0 Å². The number of nitrogens with one attached hydrogen (secondary N) is 2. The maximum Gasteiger partial charge on any atom is 0.253 e. The summed E-state index contributed by atoms with van der Waals surface area (Å²) in [5.41, 5.74) is 1.60. The topological polar surface area (TPSA) is 75.3 Å². The zero-order chi connectivity index (χ0) is 19.2. The van der Waals surface area contributed by atoms with E-state index in [0.717, 1.165) is 17.6 Å². The van der Waals surface area contributed by atoms with Gasteiger partial charge in [-0.05, 0) is 29.8 Å². The summed E-state index contributed by atoms with van der Waals surface area (Å²) in [6, 6.07) is 12.0. The molecular formula is C17H18Cl2N2O3S2. The summed E-state index contributed by atoms with van der Waals surface area (Å²) in [7, 11) is -3.45. The maximum absolute atomic E-state index is 12.3. The van der Waals surface area contributed by atoms with Crippen LogP contribution in [0.5, 0.6) is 0 Å². The predicted molar refractivity (Wildman–Crippen MR) is 110 cm³/mol. The van der Waals surface area contributed by atoms with Gasteiger partial charge in [0.2, 0.25) is 10.0 Å². The van der Waals surface area contributed by atoms with Crippen molar-refractivity contribution in [1.29, 1.82) is 0 Å². The highest BCUT2D eigenvalue weighted by atomic mass is 35.5. The average molecular weight is 433 g/mol. The van der Waals surface area contributed by atoms with E-state index in [4.69, 9.17) is 23.2 Å². The van der Waals surface area contributed by atoms with Gasteiger partial charge in [0.25, 0.3) is 5.91 Å². The van der Waals surface area contributed by atoms with Crippen molar-refractivity contribution in [3.63, 3.8) is 0 Å². The fourth-order valence-electron chi connectivity index (χ4n) is 2.12. The zero-order valence-electron chi connectivity index (χ0n) is 14.0. The summed E-state index contributed by atoms with van der Waals surface area (Å²) in [5.74, 6) is 1.12. The van der Waals surface area contributed by atoms with Gasteiger partial charge >= 0.3 is 0 Å². The fraction of sp³-hybridized carbons (Fsp3) is 0.235. The molecule has 9 heteroatoms. The number of amides is 1. The summed E-state index contributed by atoms with van der Waals surface area (Å²) in [4.78, 5) is 12.3. The molecule has 0 aromatic heterocycles. The molecule has 0 bridgehead atoms. The van der Waals surface area contributed by atoms with E-state index in [0.29, 0.717) is 22.3 Å². The Morgan fingerprint density at radius 3 is 2.54 bits per heavy atom. The number of halogens is 2. The Hall–Kier alpha value is -1.41. The standard InChI is InChI=1S/C17H18Cl2N2O3S2/c1-26(23,24)21-16-5-3-2-4-13(16)17(22)20-8-9-25-11-12-6-7-14(18)15(19)10-12/h2-7,10,21H,8-9,11H2,1H3,(H,20,22). The molecule has 0 saturated carbocycles. The molecule has 0 fully saturated rings. The third-order valence-corrected chi connectivity index (χ3v) is 5.61. The van der Waals surface area contributed by atoms with Crippen molar-refractivity contribution >= 4 is 56.6 Å². The molecule has 2 N–H and O–H groups in total. The van der Waals surface area contributed by atoms with Gasteiger partial charge in [0.1, 0.15) is 0 Å². The van der Waals surface area contributed by atoms with Crippen LogP contribution in [0.3, 0.4) is 0 Å². The fourth-order valence-corrected chi connectivity index (χ4v) is 3.83. The van der Waals surface area contributed by atoms with Crippen molar-refractivity contribution in [3.8, 4) is 0 Å². The van der Waals surface area contributed by atoms with Crippen LogP contribution in [0.1, 0.15) is 15.9 Å². The summed E-state index contributed by atoms with van der Waals surface area (Å²) >= 11 is 13.5. The van der Waals surface area contributed by atoms with E-state index < -0.39 is 10.0 Å². The lowest BCUT2D eigenvalue weighted by Crippen LogP contribution is -2.27. The molecule has 140 valence electrons. The van der Waals surface area contributed by atoms with Crippen molar-refractivity contribution in [2.75, 3.05) is 23.3 Å². The minimum absolute atomic E-state index is 0.260. The van der Waals surface area contributed by atoms with Crippen molar-refractivity contribution < 1.29 is 13.2 Å². The predicted octanol–water partition coefficient (Wildman–Crippen LogP) is 4.03. The Morgan fingerprint density at radius 2 is 1.85 bits per heavy atom. The molecule has 0 heterocycles. The molecule has 0 aliphatic carbocycles. The van der Waals surface area contributed by atoms with E-state index in [1.54, 1.807) is 42.1 Å². The number of hydrogen-bond acceptors (Lipinski definition) is 4. The first-order valence-corrected chi connectivity index (χ1v) is 11.4. The van der Waals surface area contributed by atoms with E-state index in [-0.39, 0.29) is 17.2 Å². The molecule has 2 rings (SSSR count). The van der Waals surface area contributed by atoms with Crippen LogP contribution in [0.25, 0.3) is 0 Å². The Bertz CT molecular complexity index is 889. The number of thioether (sulfide) groups is 1. The van der Waals surface area contributed by atoms with Gasteiger partial charge in [-0.3, -0.25) is 9.52 Å². The maximum atomic E-state index is 12.3. The third-order valence-electron chi connectivity index (χ3n) is 3.25. The van der Waals surface area contributed by atoms with Crippen molar-refractivity contribution in [2.24, 2.45) is 0 Å². The molecule has 0 radical (unpaired) electrons. The monoisotopic (exact) mass is 432 g/mol. The number of anilines is 1. The Labute approximate surface area is 167 Å². The number of sulfonamides is 1. The number of benzene rings is 2. The van der Waals surface area contributed by atoms with E-state index >= 15 is 0 Å². The Kier molecular flexibility index (Phi) is 7.64. The number of carbonyl (C=O) groups excluding carboxylic acids is 1. The summed E-state index contributed by atoms with van der Waals surface area (Å²) in [6.07, 6.45) is 1.04. The molecule has 1 amide bonds. The first kappa shape index (κ1) is 20.9. The first-order valence-electron chi connectivity index (χ1n) is 7.63. The third kappa shape index (κ3) is 6.72. The summed E-state index contributed by atoms with van der Waals surface area (Å²) < 4.78 is 25.1. The molecule has 2 aromatic carbocycles. The van der Waals surface area contributed by atoms with Gasteiger partial charge in [0.15, 0.2) is 0 Å². The van der Waals surface area contributed by atoms with Crippen LogP contribution in [0, 0.1) is 0 Å². The van der Waals surface area contributed by atoms with Gasteiger partial charge in [-0.1, -0.05) is 41.4 Å². The second-order valence-corrected chi connectivity index (χ2v) is 9.14.